The number of hydrogen-bond acceptors (Lipinski definition) is 4. The zero-order valence-corrected chi connectivity index (χ0v) is 17.2. The van der Waals surface area contributed by atoms with E-state index in [2.05, 4.69) is 10.6 Å². The summed E-state index contributed by atoms with van der Waals surface area (Å²) < 4.78 is 0. The monoisotopic (exact) mass is 410 g/mol. The van der Waals surface area contributed by atoms with Crippen LogP contribution in [-0.4, -0.2) is 35.2 Å². The van der Waals surface area contributed by atoms with Crippen molar-refractivity contribution in [3.8, 4) is 0 Å². The Morgan fingerprint density at radius 3 is 1.77 bits per heavy atom. The highest BCUT2D eigenvalue weighted by Crippen LogP contribution is 2.44. The summed E-state index contributed by atoms with van der Waals surface area (Å²) in [6.45, 7) is 1.55. The summed E-state index contributed by atoms with van der Waals surface area (Å²) in [6, 6.07) is 15.0. The molecule has 0 fully saturated rings. The smallest absolute Gasteiger partial charge is 0.318 e. The van der Waals surface area contributed by atoms with Crippen LogP contribution in [0.25, 0.3) is 0 Å². The third kappa shape index (κ3) is 4.75. The molecule has 6 nitrogen and oxygen atoms in total. The fraction of sp³-hybridized carbons (Fsp3) is 0.417. The largest absolute Gasteiger partial charge is 0.481 e. The van der Waals surface area contributed by atoms with E-state index >= 15 is 0 Å². The first-order valence-electron chi connectivity index (χ1n) is 10.7. The second kappa shape index (κ2) is 10.1. The Labute approximate surface area is 177 Å². The fourth-order valence-corrected chi connectivity index (χ4v) is 4.33. The van der Waals surface area contributed by atoms with Gasteiger partial charge in [-0.1, -0.05) is 49.2 Å². The molecule has 6 heteroatoms. The number of anilines is 2. The van der Waals surface area contributed by atoms with Gasteiger partial charge in [0.25, 0.3) is 0 Å². The molecule has 0 aliphatic carbocycles. The second-order valence-electron chi connectivity index (χ2n) is 7.82. The van der Waals surface area contributed by atoms with Crippen molar-refractivity contribution in [1.82, 2.24) is 0 Å². The molecule has 0 saturated carbocycles. The summed E-state index contributed by atoms with van der Waals surface area (Å²) in [5.74, 6) is -1.88. The summed E-state index contributed by atoms with van der Waals surface area (Å²) in [7, 11) is 0. The number of benzene rings is 2. The highest BCUT2D eigenvalue weighted by molar-refractivity contribution is 5.90. The number of fused-ring (bicyclic) bond motifs is 2. The molecule has 1 aliphatic rings. The van der Waals surface area contributed by atoms with Gasteiger partial charge in [-0.25, -0.2) is 0 Å². The van der Waals surface area contributed by atoms with E-state index in [-0.39, 0.29) is 19.3 Å². The van der Waals surface area contributed by atoms with Crippen molar-refractivity contribution in [3.05, 3.63) is 59.7 Å². The Bertz CT molecular complexity index is 828. The van der Waals surface area contributed by atoms with Crippen LogP contribution in [-0.2, 0) is 15.0 Å². The molecule has 0 bridgehead atoms. The molecule has 2 aromatic rings. The van der Waals surface area contributed by atoms with Crippen molar-refractivity contribution in [3.63, 3.8) is 0 Å². The number of carbonyl (C=O) groups is 2. The van der Waals surface area contributed by atoms with Crippen LogP contribution in [0.1, 0.15) is 56.1 Å². The number of para-hydroxylation sites is 2. The molecule has 0 radical (unpaired) electrons. The van der Waals surface area contributed by atoms with Crippen molar-refractivity contribution >= 4 is 23.3 Å². The minimum Gasteiger partial charge on any atom is -0.481 e. The van der Waals surface area contributed by atoms with Gasteiger partial charge in [0.05, 0.1) is 0 Å². The Kier molecular flexibility index (Phi) is 7.33. The van der Waals surface area contributed by atoms with Gasteiger partial charge in [0, 0.05) is 30.9 Å². The molecule has 30 heavy (non-hydrogen) atoms. The maximum Gasteiger partial charge on any atom is 0.318 e. The van der Waals surface area contributed by atoms with Crippen LogP contribution >= 0.6 is 0 Å². The first-order valence-corrected chi connectivity index (χ1v) is 10.7. The van der Waals surface area contributed by atoms with E-state index in [1.165, 1.54) is 0 Å². The quantitative estimate of drug-likeness (QED) is 0.570. The van der Waals surface area contributed by atoms with Crippen LogP contribution in [0.4, 0.5) is 11.4 Å². The Morgan fingerprint density at radius 2 is 1.30 bits per heavy atom. The highest BCUT2D eigenvalue weighted by Gasteiger charge is 2.45. The lowest BCUT2D eigenvalue weighted by atomic mass is 9.69. The zero-order valence-electron chi connectivity index (χ0n) is 17.2. The van der Waals surface area contributed by atoms with Crippen molar-refractivity contribution < 1.29 is 19.8 Å². The van der Waals surface area contributed by atoms with Gasteiger partial charge in [0.2, 0.25) is 0 Å². The van der Waals surface area contributed by atoms with E-state index < -0.39 is 17.4 Å². The summed E-state index contributed by atoms with van der Waals surface area (Å²) in [5.41, 5.74) is 1.60. The standard InChI is InChI=1S/C24H30N2O4/c27-22(28)14-9-15-24(23(29)30)18-10-3-5-12-20(18)25-16-7-1-2-8-17-26-21-13-6-4-11-19(21)24/h3-6,10-13,25-26H,1-2,7-9,14-17H2,(H,27,28)(H,29,30). The van der Waals surface area contributed by atoms with Crippen LogP contribution in [0.3, 0.4) is 0 Å². The second-order valence-corrected chi connectivity index (χ2v) is 7.82. The lowest BCUT2D eigenvalue weighted by molar-refractivity contribution is -0.143. The van der Waals surface area contributed by atoms with E-state index in [1.54, 1.807) is 0 Å². The fourth-order valence-electron chi connectivity index (χ4n) is 4.33. The molecule has 2 aromatic carbocycles. The molecular weight excluding hydrogens is 380 g/mol. The van der Waals surface area contributed by atoms with Crippen molar-refractivity contribution in [2.24, 2.45) is 0 Å². The average molecular weight is 411 g/mol. The van der Waals surface area contributed by atoms with Gasteiger partial charge >= 0.3 is 11.9 Å². The number of nitrogens with one attached hydrogen (secondary N) is 2. The molecule has 3 rings (SSSR count). The minimum absolute atomic E-state index is 0.0692. The first kappa shape index (κ1) is 21.7. The highest BCUT2D eigenvalue weighted by atomic mass is 16.4. The Balaban J connectivity index is 2.20. The van der Waals surface area contributed by atoms with Crippen LogP contribution in [0, 0.1) is 0 Å². The zero-order chi connectivity index (χ0) is 21.4. The molecule has 1 heterocycles. The summed E-state index contributed by atoms with van der Waals surface area (Å²) in [6.07, 6.45) is 4.65. The molecule has 0 atom stereocenters. The molecule has 0 saturated heterocycles. The van der Waals surface area contributed by atoms with Gasteiger partial charge in [-0.15, -0.1) is 0 Å². The summed E-state index contributed by atoms with van der Waals surface area (Å²) in [5, 5.41) is 26.7. The van der Waals surface area contributed by atoms with Gasteiger partial charge < -0.3 is 20.8 Å². The molecule has 0 spiro atoms. The van der Waals surface area contributed by atoms with E-state index in [4.69, 9.17) is 5.11 Å². The van der Waals surface area contributed by atoms with Gasteiger partial charge in [-0.05, 0) is 48.9 Å². The average Bonchev–Trinajstić information content (AvgIpc) is 2.74. The van der Waals surface area contributed by atoms with Gasteiger partial charge in [0.15, 0.2) is 0 Å². The molecule has 0 aromatic heterocycles. The van der Waals surface area contributed by atoms with Crippen molar-refractivity contribution in [1.29, 1.82) is 0 Å². The number of aliphatic carboxylic acids is 2. The SMILES string of the molecule is O=C(O)CCCC1(C(=O)O)c2ccccc2NCCCCCCNc2ccccc21. The summed E-state index contributed by atoms with van der Waals surface area (Å²) >= 11 is 0. The molecule has 1 aliphatic heterocycles. The van der Waals surface area contributed by atoms with E-state index in [0.29, 0.717) is 11.1 Å². The van der Waals surface area contributed by atoms with Gasteiger partial charge in [-0.3, -0.25) is 9.59 Å². The normalized spacial score (nSPS) is 16.3. The number of carboxylic acid groups (broad SMARTS) is 2. The number of carboxylic acids is 2. The topological polar surface area (TPSA) is 98.7 Å². The van der Waals surface area contributed by atoms with Crippen molar-refractivity contribution in [2.75, 3.05) is 23.7 Å². The van der Waals surface area contributed by atoms with Crippen molar-refractivity contribution in [2.45, 2.75) is 50.4 Å². The van der Waals surface area contributed by atoms with E-state index in [0.717, 1.165) is 50.1 Å². The lowest BCUT2D eigenvalue weighted by Crippen LogP contribution is -2.39. The van der Waals surface area contributed by atoms with E-state index in [1.807, 2.05) is 48.5 Å². The molecule has 160 valence electrons. The number of rotatable bonds is 5. The van der Waals surface area contributed by atoms with Gasteiger partial charge in [0.1, 0.15) is 5.41 Å². The molecule has 4 N–H and O–H groups in total. The summed E-state index contributed by atoms with van der Waals surface area (Å²) in [4.78, 5) is 24.1. The third-order valence-electron chi connectivity index (χ3n) is 5.82. The van der Waals surface area contributed by atoms with Gasteiger partial charge in [-0.2, -0.15) is 0 Å². The molecular formula is C24H30N2O4. The first-order chi connectivity index (χ1) is 14.6. The molecule has 0 amide bonds. The predicted molar refractivity (Wildman–Crippen MR) is 118 cm³/mol. The van der Waals surface area contributed by atoms with E-state index in [9.17, 15) is 14.7 Å². The van der Waals surface area contributed by atoms with Crippen LogP contribution in [0.2, 0.25) is 0 Å². The maximum atomic E-state index is 13.0. The van der Waals surface area contributed by atoms with Crippen LogP contribution < -0.4 is 10.6 Å². The molecule has 0 unspecified atom stereocenters. The Morgan fingerprint density at radius 1 is 0.800 bits per heavy atom. The Hall–Kier alpha value is -3.02. The number of hydrogen-bond donors (Lipinski definition) is 4. The van der Waals surface area contributed by atoms with Crippen LogP contribution in [0.15, 0.2) is 48.5 Å². The third-order valence-corrected chi connectivity index (χ3v) is 5.82. The van der Waals surface area contributed by atoms with Crippen LogP contribution in [0.5, 0.6) is 0 Å². The lowest BCUT2D eigenvalue weighted by Gasteiger charge is -2.34. The minimum atomic E-state index is -1.35. The predicted octanol–water partition coefficient (Wildman–Crippen LogP) is 4.71. The maximum absolute atomic E-state index is 13.0.